The number of rotatable bonds is 4. The van der Waals surface area contributed by atoms with Gasteiger partial charge in [-0.3, -0.25) is 4.90 Å². The molecule has 0 saturated carbocycles. The summed E-state index contributed by atoms with van der Waals surface area (Å²) in [7, 11) is 2.10. The normalized spacial score (nSPS) is 18.7. The Bertz CT molecular complexity index is 417. The molecule has 19 heavy (non-hydrogen) atoms. The van der Waals surface area contributed by atoms with Crippen molar-refractivity contribution in [2.24, 2.45) is 5.92 Å². The van der Waals surface area contributed by atoms with Crippen LogP contribution in [-0.4, -0.2) is 41.8 Å². The van der Waals surface area contributed by atoms with E-state index in [0.29, 0.717) is 0 Å². The van der Waals surface area contributed by atoms with Crippen molar-refractivity contribution < 1.29 is 10.2 Å². The summed E-state index contributed by atoms with van der Waals surface area (Å²) in [5, 5.41) is 22.6. The third kappa shape index (κ3) is 3.61. The third-order valence-corrected chi connectivity index (χ3v) is 4.13. The van der Waals surface area contributed by atoms with Gasteiger partial charge in [-0.2, -0.15) is 0 Å². The topological polar surface area (TPSA) is 55.7 Å². The Labute approximate surface area is 115 Å². The summed E-state index contributed by atoms with van der Waals surface area (Å²) in [5.74, 6) is 1.01. The van der Waals surface area contributed by atoms with Gasteiger partial charge in [0, 0.05) is 24.2 Å². The molecular weight excluding hydrogens is 240 g/mol. The van der Waals surface area contributed by atoms with E-state index in [1.54, 1.807) is 12.1 Å². The molecule has 3 N–H and O–H groups in total. The van der Waals surface area contributed by atoms with E-state index in [9.17, 15) is 10.2 Å². The number of aromatic hydroxyl groups is 2. The minimum Gasteiger partial charge on any atom is -0.508 e. The average Bonchev–Trinajstić information content (AvgIpc) is 2.39. The Morgan fingerprint density at radius 1 is 1.32 bits per heavy atom. The molecule has 1 fully saturated rings. The molecule has 0 radical (unpaired) electrons. The van der Waals surface area contributed by atoms with Crippen LogP contribution in [0.5, 0.6) is 11.5 Å². The summed E-state index contributed by atoms with van der Waals surface area (Å²) in [4.78, 5) is 2.28. The quantitative estimate of drug-likeness (QED) is 0.779. The van der Waals surface area contributed by atoms with Gasteiger partial charge in [-0.1, -0.05) is 6.07 Å². The first kappa shape index (κ1) is 14.2. The van der Waals surface area contributed by atoms with E-state index >= 15 is 0 Å². The van der Waals surface area contributed by atoms with Gasteiger partial charge in [0.25, 0.3) is 0 Å². The van der Waals surface area contributed by atoms with Crippen molar-refractivity contribution in [2.75, 3.05) is 26.7 Å². The molecule has 0 aromatic heterocycles. The fourth-order valence-electron chi connectivity index (χ4n) is 2.75. The second-order valence-electron chi connectivity index (χ2n) is 5.55. The summed E-state index contributed by atoms with van der Waals surface area (Å²) in [5.41, 5.74) is 0.870. The first-order chi connectivity index (χ1) is 9.08. The SMILES string of the molecule is CC(c1ccc(O)cc1O)N(C)CC1CCNCC1. The van der Waals surface area contributed by atoms with Crippen LogP contribution in [0.3, 0.4) is 0 Å². The van der Waals surface area contributed by atoms with Crippen molar-refractivity contribution in [3.8, 4) is 11.5 Å². The molecule has 0 amide bonds. The second-order valence-corrected chi connectivity index (χ2v) is 5.55. The zero-order valence-corrected chi connectivity index (χ0v) is 11.8. The third-order valence-electron chi connectivity index (χ3n) is 4.13. The summed E-state index contributed by atoms with van der Waals surface area (Å²) in [6.07, 6.45) is 2.44. The number of hydrogen-bond donors (Lipinski definition) is 3. The molecule has 1 saturated heterocycles. The van der Waals surface area contributed by atoms with Gasteiger partial charge in [-0.15, -0.1) is 0 Å². The maximum atomic E-state index is 9.92. The van der Waals surface area contributed by atoms with E-state index < -0.39 is 0 Å². The fourth-order valence-corrected chi connectivity index (χ4v) is 2.75. The van der Waals surface area contributed by atoms with Crippen molar-refractivity contribution in [3.05, 3.63) is 23.8 Å². The average molecular weight is 264 g/mol. The van der Waals surface area contributed by atoms with Crippen LogP contribution in [-0.2, 0) is 0 Å². The lowest BCUT2D eigenvalue weighted by Gasteiger charge is -2.31. The standard InChI is InChI=1S/C15H24N2O2/c1-11(14-4-3-13(18)9-15(14)19)17(2)10-12-5-7-16-8-6-12/h3-4,9,11-12,16,18-19H,5-8,10H2,1-2H3. The number of nitrogens with one attached hydrogen (secondary N) is 1. The van der Waals surface area contributed by atoms with Crippen LogP contribution in [0.1, 0.15) is 31.4 Å². The van der Waals surface area contributed by atoms with E-state index in [1.165, 1.54) is 18.9 Å². The molecule has 1 heterocycles. The zero-order valence-electron chi connectivity index (χ0n) is 11.8. The molecule has 0 spiro atoms. The van der Waals surface area contributed by atoms with Crippen LogP contribution in [0.15, 0.2) is 18.2 Å². The number of nitrogens with zero attached hydrogens (tertiary/aromatic N) is 1. The highest BCUT2D eigenvalue weighted by molar-refractivity contribution is 5.40. The van der Waals surface area contributed by atoms with Crippen molar-refractivity contribution in [2.45, 2.75) is 25.8 Å². The summed E-state index contributed by atoms with van der Waals surface area (Å²) < 4.78 is 0. The molecule has 4 nitrogen and oxygen atoms in total. The summed E-state index contributed by atoms with van der Waals surface area (Å²) in [6.45, 7) is 5.35. The molecule has 1 aliphatic rings. The zero-order chi connectivity index (χ0) is 13.8. The highest BCUT2D eigenvalue weighted by Crippen LogP contribution is 2.31. The van der Waals surface area contributed by atoms with Crippen LogP contribution in [0, 0.1) is 5.92 Å². The van der Waals surface area contributed by atoms with Gasteiger partial charge in [0.15, 0.2) is 0 Å². The number of phenols is 2. The van der Waals surface area contributed by atoms with Gasteiger partial charge in [0.2, 0.25) is 0 Å². The van der Waals surface area contributed by atoms with Crippen LogP contribution < -0.4 is 5.32 Å². The highest BCUT2D eigenvalue weighted by atomic mass is 16.3. The van der Waals surface area contributed by atoms with Gasteiger partial charge in [0.1, 0.15) is 11.5 Å². The Balaban J connectivity index is 1.99. The number of piperidine rings is 1. The van der Waals surface area contributed by atoms with Crippen LogP contribution >= 0.6 is 0 Å². The number of benzene rings is 1. The largest absolute Gasteiger partial charge is 0.508 e. The van der Waals surface area contributed by atoms with Gasteiger partial charge in [-0.25, -0.2) is 0 Å². The number of hydrogen-bond acceptors (Lipinski definition) is 4. The second kappa shape index (κ2) is 6.26. The molecule has 0 bridgehead atoms. The van der Waals surface area contributed by atoms with Gasteiger partial charge < -0.3 is 15.5 Å². The first-order valence-corrected chi connectivity index (χ1v) is 7.00. The molecule has 1 aromatic rings. The van der Waals surface area contributed by atoms with Crippen molar-refractivity contribution in [1.82, 2.24) is 10.2 Å². The maximum absolute atomic E-state index is 9.92. The Morgan fingerprint density at radius 2 is 2.00 bits per heavy atom. The lowest BCUT2D eigenvalue weighted by atomic mass is 9.96. The molecule has 1 unspecified atom stereocenters. The first-order valence-electron chi connectivity index (χ1n) is 7.00. The minimum atomic E-state index is 0.106. The van der Waals surface area contributed by atoms with Crippen LogP contribution in [0.25, 0.3) is 0 Å². The molecular formula is C15H24N2O2. The van der Waals surface area contributed by atoms with E-state index in [0.717, 1.165) is 31.1 Å². The maximum Gasteiger partial charge on any atom is 0.124 e. The van der Waals surface area contributed by atoms with Crippen molar-refractivity contribution >= 4 is 0 Å². The lowest BCUT2D eigenvalue weighted by Crippen LogP contribution is -2.35. The summed E-state index contributed by atoms with van der Waals surface area (Å²) in [6, 6.07) is 4.98. The monoisotopic (exact) mass is 264 g/mol. The van der Waals surface area contributed by atoms with E-state index in [-0.39, 0.29) is 17.5 Å². The van der Waals surface area contributed by atoms with E-state index in [2.05, 4.69) is 24.2 Å². The molecule has 1 aromatic carbocycles. The Morgan fingerprint density at radius 3 is 2.63 bits per heavy atom. The van der Waals surface area contributed by atoms with Crippen molar-refractivity contribution in [3.63, 3.8) is 0 Å². The van der Waals surface area contributed by atoms with Gasteiger partial charge >= 0.3 is 0 Å². The van der Waals surface area contributed by atoms with E-state index in [4.69, 9.17) is 0 Å². The predicted octanol–water partition coefficient (Wildman–Crippen LogP) is 2.09. The van der Waals surface area contributed by atoms with E-state index in [1.807, 2.05) is 0 Å². The minimum absolute atomic E-state index is 0.106. The molecule has 1 atom stereocenters. The summed E-state index contributed by atoms with van der Waals surface area (Å²) >= 11 is 0. The van der Waals surface area contributed by atoms with Crippen LogP contribution in [0.4, 0.5) is 0 Å². The molecule has 1 aliphatic heterocycles. The predicted molar refractivity (Wildman–Crippen MR) is 76.4 cm³/mol. The number of phenolic OH excluding ortho intramolecular Hbond substituents is 2. The van der Waals surface area contributed by atoms with Crippen molar-refractivity contribution in [1.29, 1.82) is 0 Å². The molecule has 106 valence electrons. The van der Waals surface area contributed by atoms with Gasteiger partial charge in [0.05, 0.1) is 0 Å². The Kier molecular flexibility index (Phi) is 4.66. The molecule has 2 rings (SSSR count). The van der Waals surface area contributed by atoms with Gasteiger partial charge in [-0.05, 0) is 51.9 Å². The smallest absolute Gasteiger partial charge is 0.124 e. The van der Waals surface area contributed by atoms with Crippen LogP contribution in [0.2, 0.25) is 0 Å². The highest BCUT2D eigenvalue weighted by Gasteiger charge is 2.20. The molecule has 4 heteroatoms. The Hall–Kier alpha value is -1.26. The lowest BCUT2D eigenvalue weighted by molar-refractivity contribution is 0.194. The molecule has 0 aliphatic carbocycles. The fraction of sp³-hybridized carbons (Fsp3) is 0.600.